The number of amides is 2. The van der Waals surface area contributed by atoms with Gasteiger partial charge in [0.25, 0.3) is 11.8 Å². The molecule has 5 rings (SSSR count). The fraction of sp³-hybridized carbons (Fsp3) is 0.185. The van der Waals surface area contributed by atoms with Gasteiger partial charge in [-0.05, 0) is 72.9 Å². The van der Waals surface area contributed by atoms with Crippen molar-refractivity contribution in [3.63, 3.8) is 0 Å². The van der Waals surface area contributed by atoms with E-state index in [2.05, 4.69) is 23.8 Å². The fourth-order valence-corrected chi connectivity index (χ4v) is 5.32. The SMILES string of the molecule is C=Cc1ccc(N2N=C(C(N)=O)C3CCc4ccc(NC(=O)c5cccnc5Cl)cc4C32C)cc1. The molecule has 0 fully saturated rings. The molecule has 3 aromatic rings. The third kappa shape index (κ3) is 3.78. The minimum Gasteiger partial charge on any atom is -0.364 e. The van der Waals surface area contributed by atoms with Crippen molar-refractivity contribution in [1.82, 2.24) is 4.98 Å². The lowest BCUT2D eigenvalue weighted by molar-refractivity contribution is -0.112. The van der Waals surface area contributed by atoms with Crippen molar-refractivity contribution in [2.24, 2.45) is 16.8 Å². The Kier molecular flexibility index (Phi) is 5.65. The zero-order valence-corrected chi connectivity index (χ0v) is 19.9. The molecule has 7 nitrogen and oxygen atoms in total. The Morgan fingerprint density at radius 2 is 2.00 bits per heavy atom. The van der Waals surface area contributed by atoms with Gasteiger partial charge in [0.1, 0.15) is 10.9 Å². The molecule has 0 radical (unpaired) electrons. The van der Waals surface area contributed by atoms with Gasteiger partial charge in [-0.2, -0.15) is 5.10 Å². The number of primary amides is 1. The van der Waals surface area contributed by atoms with Crippen molar-refractivity contribution in [2.45, 2.75) is 25.3 Å². The Morgan fingerprint density at radius 3 is 2.69 bits per heavy atom. The first-order valence-electron chi connectivity index (χ1n) is 11.3. The van der Waals surface area contributed by atoms with E-state index in [1.165, 1.54) is 6.20 Å². The Hall–Kier alpha value is -3.97. The topological polar surface area (TPSA) is 101 Å². The Labute approximate surface area is 208 Å². The number of hydrogen-bond acceptors (Lipinski definition) is 5. The second-order valence-electron chi connectivity index (χ2n) is 8.86. The minimum atomic E-state index is -0.666. The molecule has 1 aliphatic carbocycles. The van der Waals surface area contributed by atoms with Crippen LogP contribution in [0.5, 0.6) is 0 Å². The van der Waals surface area contributed by atoms with Crippen LogP contribution in [0.25, 0.3) is 6.08 Å². The Bertz CT molecular complexity index is 1380. The van der Waals surface area contributed by atoms with Gasteiger partial charge in [0.2, 0.25) is 0 Å². The quantitative estimate of drug-likeness (QED) is 0.508. The number of hydrazone groups is 1. The fourth-order valence-electron chi connectivity index (χ4n) is 5.11. The van der Waals surface area contributed by atoms with Gasteiger partial charge in [0.05, 0.1) is 16.8 Å². The molecule has 2 unspecified atom stereocenters. The first-order valence-corrected chi connectivity index (χ1v) is 11.7. The molecule has 1 aromatic heterocycles. The van der Waals surface area contributed by atoms with E-state index in [-0.39, 0.29) is 17.0 Å². The lowest BCUT2D eigenvalue weighted by Crippen LogP contribution is -2.48. The molecule has 3 N–H and O–H groups in total. The van der Waals surface area contributed by atoms with Gasteiger partial charge in [-0.25, -0.2) is 4.98 Å². The van der Waals surface area contributed by atoms with Crippen LogP contribution in [0.1, 0.15) is 40.4 Å². The molecule has 2 amide bonds. The molecule has 2 heterocycles. The average Bonchev–Trinajstić information content (AvgIpc) is 3.18. The third-order valence-electron chi connectivity index (χ3n) is 6.90. The van der Waals surface area contributed by atoms with Crippen molar-refractivity contribution < 1.29 is 9.59 Å². The number of fused-ring (bicyclic) bond motifs is 3. The molecule has 0 saturated heterocycles. The number of anilines is 2. The summed E-state index contributed by atoms with van der Waals surface area (Å²) in [5, 5.41) is 9.66. The van der Waals surface area contributed by atoms with E-state index in [1.807, 2.05) is 47.5 Å². The maximum atomic E-state index is 12.9. The highest BCUT2D eigenvalue weighted by molar-refractivity contribution is 6.40. The van der Waals surface area contributed by atoms with Crippen LogP contribution in [0.4, 0.5) is 11.4 Å². The van der Waals surface area contributed by atoms with E-state index in [9.17, 15) is 9.59 Å². The number of nitrogens with one attached hydrogen (secondary N) is 1. The highest BCUT2D eigenvalue weighted by Gasteiger charge is 2.53. The van der Waals surface area contributed by atoms with Crippen molar-refractivity contribution >= 4 is 46.6 Å². The van der Waals surface area contributed by atoms with Crippen LogP contribution in [0.15, 0.2) is 72.5 Å². The van der Waals surface area contributed by atoms with E-state index in [0.29, 0.717) is 17.0 Å². The molecule has 0 bridgehead atoms. The second-order valence-corrected chi connectivity index (χ2v) is 9.22. The Morgan fingerprint density at radius 1 is 1.23 bits per heavy atom. The number of nitrogens with two attached hydrogens (primary N) is 1. The molecule has 176 valence electrons. The van der Waals surface area contributed by atoms with E-state index < -0.39 is 11.4 Å². The van der Waals surface area contributed by atoms with Gasteiger partial charge in [-0.3, -0.25) is 14.6 Å². The number of carbonyl (C=O) groups excluding carboxylic acids is 2. The number of benzene rings is 2. The van der Waals surface area contributed by atoms with Gasteiger partial charge in [-0.15, -0.1) is 0 Å². The van der Waals surface area contributed by atoms with E-state index in [0.717, 1.165) is 35.2 Å². The number of nitrogens with zero attached hydrogens (tertiary/aromatic N) is 3. The molecule has 2 aromatic carbocycles. The Balaban J connectivity index is 1.57. The number of carbonyl (C=O) groups is 2. The van der Waals surface area contributed by atoms with Crippen LogP contribution in [0.2, 0.25) is 5.15 Å². The van der Waals surface area contributed by atoms with Crippen LogP contribution in [0.3, 0.4) is 0 Å². The summed E-state index contributed by atoms with van der Waals surface area (Å²) in [6.07, 6.45) is 4.82. The summed E-state index contributed by atoms with van der Waals surface area (Å²) in [5.41, 5.74) is 10.3. The van der Waals surface area contributed by atoms with Crippen molar-refractivity contribution in [3.8, 4) is 0 Å². The highest BCUT2D eigenvalue weighted by Crippen LogP contribution is 2.50. The summed E-state index contributed by atoms with van der Waals surface area (Å²) in [7, 11) is 0. The monoisotopic (exact) mass is 485 g/mol. The molecule has 1 aliphatic heterocycles. The molecule has 35 heavy (non-hydrogen) atoms. The van der Waals surface area contributed by atoms with Crippen LogP contribution < -0.4 is 16.1 Å². The lowest BCUT2D eigenvalue weighted by Gasteiger charge is -2.43. The molecule has 0 saturated carbocycles. The van der Waals surface area contributed by atoms with E-state index in [1.54, 1.807) is 18.2 Å². The highest BCUT2D eigenvalue weighted by atomic mass is 35.5. The number of halogens is 1. The summed E-state index contributed by atoms with van der Waals surface area (Å²) < 4.78 is 0. The smallest absolute Gasteiger partial charge is 0.265 e. The predicted molar refractivity (Wildman–Crippen MR) is 138 cm³/mol. The summed E-state index contributed by atoms with van der Waals surface area (Å²) in [6.45, 7) is 5.88. The molecule has 2 atom stereocenters. The van der Waals surface area contributed by atoms with Gasteiger partial charge < -0.3 is 11.1 Å². The van der Waals surface area contributed by atoms with E-state index in [4.69, 9.17) is 22.4 Å². The first kappa shape index (κ1) is 22.8. The average molecular weight is 486 g/mol. The predicted octanol–water partition coefficient (Wildman–Crippen LogP) is 4.77. The third-order valence-corrected chi connectivity index (χ3v) is 7.20. The molecule has 8 heteroatoms. The standard InChI is InChI=1S/C27H24ClN5O2/c1-3-16-6-11-19(12-7-16)33-27(2)21(23(32-33)25(29)34)13-9-17-8-10-18(15-22(17)27)31-26(35)20-5-4-14-30-24(20)28/h3-8,10-12,14-15,21H,1,9,13H2,2H3,(H2,29,34)(H,31,35). The van der Waals surface area contributed by atoms with Crippen LogP contribution in [-0.2, 0) is 16.8 Å². The van der Waals surface area contributed by atoms with Gasteiger partial charge in [0, 0.05) is 17.8 Å². The number of pyridine rings is 1. The largest absolute Gasteiger partial charge is 0.364 e. The maximum Gasteiger partial charge on any atom is 0.265 e. The molecular weight excluding hydrogens is 462 g/mol. The zero-order valence-electron chi connectivity index (χ0n) is 19.2. The molecule has 2 aliphatic rings. The summed E-state index contributed by atoms with van der Waals surface area (Å²) >= 11 is 6.11. The second kappa shape index (κ2) is 8.67. The van der Waals surface area contributed by atoms with Crippen LogP contribution in [-0.4, -0.2) is 22.5 Å². The van der Waals surface area contributed by atoms with Gasteiger partial charge >= 0.3 is 0 Å². The van der Waals surface area contributed by atoms with Gasteiger partial charge in [0.15, 0.2) is 0 Å². The van der Waals surface area contributed by atoms with Crippen molar-refractivity contribution in [2.75, 3.05) is 10.3 Å². The molecule has 0 spiro atoms. The lowest BCUT2D eigenvalue weighted by atomic mass is 9.68. The number of hydrogen-bond donors (Lipinski definition) is 2. The molecular formula is C27H24ClN5O2. The summed E-state index contributed by atoms with van der Waals surface area (Å²) in [4.78, 5) is 29.2. The van der Waals surface area contributed by atoms with Crippen molar-refractivity contribution in [1.29, 1.82) is 0 Å². The zero-order chi connectivity index (χ0) is 24.7. The minimum absolute atomic E-state index is 0.138. The van der Waals surface area contributed by atoms with Crippen LogP contribution >= 0.6 is 11.6 Å². The summed E-state index contributed by atoms with van der Waals surface area (Å²) in [5.74, 6) is -1.06. The maximum absolute atomic E-state index is 12.9. The van der Waals surface area contributed by atoms with Gasteiger partial charge in [-0.1, -0.05) is 42.5 Å². The number of rotatable bonds is 5. The van der Waals surface area contributed by atoms with Crippen LogP contribution in [0, 0.1) is 5.92 Å². The number of aryl methyl sites for hydroxylation is 1. The normalized spacial score (nSPS) is 20.5. The first-order chi connectivity index (χ1) is 16.8. The number of aromatic nitrogens is 1. The van der Waals surface area contributed by atoms with E-state index >= 15 is 0 Å². The summed E-state index contributed by atoms with van der Waals surface area (Å²) in [6, 6.07) is 16.9. The van der Waals surface area contributed by atoms with Crippen molar-refractivity contribution in [3.05, 3.63) is 94.8 Å².